The lowest BCUT2D eigenvalue weighted by molar-refractivity contribution is -0.166. The molecule has 150 valence electrons. The number of likely N-dealkylation sites (tertiary alicyclic amines) is 1. The second-order valence-electron chi connectivity index (χ2n) is 7.14. The highest BCUT2D eigenvalue weighted by Crippen LogP contribution is 2.36. The highest BCUT2D eigenvalue weighted by Gasteiger charge is 2.59. The molecule has 2 aromatic carbocycles. The van der Waals surface area contributed by atoms with Crippen LogP contribution < -0.4 is 4.90 Å². The highest BCUT2D eigenvalue weighted by molar-refractivity contribution is 6.30. The van der Waals surface area contributed by atoms with E-state index in [2.05, 4.69) is 0 Å². The molecule has 3 amide bonds. The van der Waals surface area contributed by atoms with Gasteiger partial charge in [0.15, 0.2) is 5.54 Å². The summed E-state index contributed by atoms with van der Waals surface area (Å²) >= 11 is 5.90. The first-order valence-corrected chi connectivity index (χ1v) is 9.23. The molecule has 2 saturated heterocycles. The Kier molecular flexibility index (Phi) is 4.74. The fourth-order valence-electron chi connectivity index (χ4n) is 3.81. The van der Waals surface area contributed by atoms with Crippen molar-refractivity contribution in [3.8, 4) is 0 Å². The molecule has 0 aromatic heterocycles. The molecule has 0 atom stereocenters. The van der Waals surface area contributed by atoms with E-state index in [1.807, 2.05) is 0 Å². The molecule has 6 nitrogen and oxygen atoms in total. The van der Waals surface area contributed by atoms with Gasteiger partial charge in [-0.05, 0) is 29.8 Å². The lowest BCUT2D eigenvalue weighted by atomic mass is 9.83. The fraction of sp³-hybridized carbons (Fsp3) is 0.250. The van der Waals surface area contributed by atoms with Crippen molar-refractivity contribution in [2.24, 2.45) is 0 Å². The van der Waals surface area contributed by atoms with Gasteiger partial charge in [-0.15, -0.1) is 0 Å². The van der Waals surface area contributed by atoms with Gasteiger partial charge < -0.3 is 9.80 Å². The molecular formula is C20H16ClF2N3O3. The van der Waals surface area contributed by atoms with Crippen LogP contribution in [-0.4, -0.2) is 53.2 Å². The third kappa shape index (κ3) is 3.23. The van der Waals surface area contributed by atoms with Crippen molar-refractivity contribution in [3.63, 3.8) is 0 Å². The number of piperazine rings is 1. The number of carbonyl (C=O) groups is 3. The summed E-state index contributed by atoms with van der Waals surface area (Å²) < 4.78 is 27.6. The Hall–Kier alpha value is -3.00. The van der Waals surface area contributed by atoms with Crippen LogP contribution in [-0.2, 0) is 20.9 Å². The van der Waals surface area contributed by atoms with Crippen LogP contribution >= 0.6 is 11.6 Å². The second kappa shape index (κ2) is 7.11. The van der Waals surface area contributed by atoms with Gasteiger partial charge in [0, 0.05) is 17.6 Å². The van der Waals surface area contributed by atoms with Crippen molar-refractivity contribution < 1.29 is 23.2 Å². The van der Waals surface area contributed by atoms with Gasteiger partial charge in [-0.1, -0.05) is 23.7 Å². The molecular weight excluding hydrogens is 404 g/mol. The number of hydrogen-bond donors (Lipinski definition) is 0. The minimum absolute atomic E-state index is 0.00791. The third-order valence-electron chi connectivity index (χ3n) is 5.29. The first-order valence-electron chi connectivity index (χ1n) is 8.85. The summed E-state index contributed by atoms with van der Waals surface area (Å²) in [5.74, 6) is -2.61. The molecule has 9 heteroatoms. The standard InChI is InChI=1S/C20H16ClF2N3O3/c21-14-3-1-13(2-4-14)8-26-18(28)9-25(17-6-5-15(22)7-16(17)23)19(29)20(26)10-24(11-20)12-27/h1-7,12H,8-11H2. The van der Waals surface area contributed by atoms with E-state index < -0.39 is 29.0 Å². The summed E-state index contributed by atoms with van der Waals surface area (Å²) in [6.07, 6.45) is 0.598. The predicted molar refractivity (Wildman–Crippen MR) is 101 cm³/mol. The summed E-state index contributed by atoms with van der Waals surface area (Å²) in [6.45, 7) is -0.214. The summed E-state index contributed by atoms with van der Waals surface area (Å²) in [4.78, 5) is 41.3. The van der Waals surface area contributed by atoms with Gasteiger partial charge in [-0.2, -0.15) is 0 Å². The second-order valence-corrected chi connectivity index (χ2v) is 7.57. The Morgan fingerprint density at radius 3 is 2.38 bits per heavy atom. The van der Waals surface area contributed by atoms with E-state index in [1.165, 1.54) is 9.80 Å². The normalized spacial score (nSPS) is 18.2. The van der Waals surface area contributed by atoms with E-state index in [-0.39, 0.29) is 31.9 Å². The molecule has 0 N–H and O–H groups in total. The Labute approximate surface area is 170 Å². The van der Waals surface area contributed by atoms with Gasteiger partial charge in [0.1, 0.15) is 18.2 Å². The monoisotopic (exact) mass is 419 g/mol. The zero-order valence-electron chi connectivity index (χ0n) is 15.1. The quantitative estimate of drug-likeness (QED) is 0.714. The lowest BCUT2D eigenvalue weighted by Crippen LogP contribution is -2.80. The Bertz CT molecular complexity index is 993. The maximum absolute atomic E-state index is 14.3. The van der Waals surface area contributed by atoms with Crippen LogP contribution in [0.4, 0.5) is 14.5 Å². The van der Waals surface area contributed by atoms with Crippen LogP contribution in [0, 0.1) is 11.6 Å². The first-order chi connectivity index (χ1) is 13.8. The van der Waals surface area contributed by atoms with Crippen LogP contribution in [0.1, 0.15) is 5.56 Å². The van der Waals surface area contributed by atoms with Gasteiger partial charge in [0.2, 0.25) is 12.3 Å². The van der Waals surface area contributed by atoms with E-state index in [0.717, 1.165) is 22.6 Å². The number of benzene rings is 2. The molecule has 2 aromatic rings. The van der Waals surface area contributed by atoms with Crippen LogP contribution in [0.25, 0.3) is 0 Å². The molecule has 0 unspecified atom stereocenters. The highest BCUT2D eigenvalue weighted by atomic mass is 35.5. The van der Waals surface area contributed by atoms with Crippen LogP contribution in [0.2, 0.25) is 5.02 Å². The summed E-state index contributed by atoms with van der Waals surface area (Å²) in [6, 6.07) is 9.68. The molecule has 2 heterocycles. The Morgan fingerprint density at radius 1 is 1.07 bits per heavy atom. The lowest BCUT2D eigenvalue weighted by Gasteiger charge is -2.57. The number of nitrogens with zero attached hydrogens (tertiary/aromatic N) is 3. The zero-order valence-corrected chi connectivity index (χ0v) is 15.9. The molecule has 0 radical (unpaired) electrons. The molecule has 2 aliphatic heterocycles. The number of anilines is 1. The van der Waals surface area contributed by atoms with Crippen molar-refractivity contribution >= 4 is 35.5 Å². The number of halogens is 3. The zero-order chi connectivity index (χ0) is 20.8. The Balaban J connectivity index is 1.69. The van der Waals surface area contributed by atoms with Gasteiger partial charge in [0.05, 0.1) is 18.8 Å². The molecule has 0 saturated carbocycles. The van der Waals surface area contributed by atoms with Gasteiger partial charge in [-0.25, -0.2) is 8.78 Å². The van der Waals surface area contributed by atoms with Crippen LogP contribution in [0.5, 0.6) is 0 Å². The van der Waals surface area contributed by atoms with E-state index in [0.29, 0.717) is 17.5 Å². The minimum Gasteiger partial charge on any atom is -0.339 e. The van der Waals surface area contributed by atoms with Crippen LogP contribution in [0.15, 0.2) is 42.5 Å². The molecule has 2 fully saturated rings. The average Bonchev–Trinajstić information content (AvgIpc) is 2.65. The third-order valence-corrected chi connectivity index (χ3v) is 5.54. The summed E-state index contributed by atoms with van der Waals surface area (Å²) in [5.41, 5.74) is -0.697. The Morgan fingerprint density at radius 2 is 1.76 bits per heavy atom. The number of rotatable bonds is 4. The minimum atomic E-state index is -1.29. The molecule has 1 spiro atoms. The van der Waals surface area contributed by atoms with Crippen molar-refractivity contribution in [2.45, 2.75) is 12.1 Å². The smallest absolute Gasteiger partial charge is 0.257 e. The van der Waals surface area contributed by atoms with E-state index >= 15 is 0 Å². The fourth-order valence-corrected chi connectivity index (χ4v) is 3.94. The SMILES string of the molecule is O=CN1CC2(C1)C(=O)N(c1ccc(F)cc1F)CC(=O)N2Cc1ccc(Cl)cc1. The van der Waals surface area contributed by atoms with Crippen molar-refractivity contribution in [1.29, 1.82) is 0 Å². The van der Waals surface area contributed by atoms with Crippen molar-refractivity contribution in [1.82, 2.24) is 9.80 Å². The predicted octanol–water partition coefficient (Wildman–Crippen LogP) is 2.20. The van der Waals surface area contributed by atoms with Gasteiger partial charge in [0.25, 0.3) is 5.91 Å². The maximum Gasteiger partial charge on any atom is 0.257 e. The van der Waals surface area contributed by atoms with E-state index in [9.17, 15) is 23.2 Å². The molecule has 2 aliphatic rings. The van der Waals surface area contributed by atoms with Crippen molar-refractivity contribution in [3.05, 3.63) is 64.7 Å². The number of amides is 3. The van der Waals surface area contributed by atoms with Gasteiger partial charge in [-0.3, -0.25) is 19.3 Å². The van der Waals surface area contributed by atoms with Crippen LogP contribution in [0.3, 0.4) is 0 Å². The first kappa shape index (κ1) is 19.3. The molecule has 0 bridgehead atoms. The van der Waals surface area contributed by atoms with E-state index in [1.54, 1.807) is 24.3 Å². The van der Waals surface area contributed by atoms with E-state index in [4.69, 9.17) is 11.6 Å². The molecule has 4 rings (SSSR count). The van der Waals surface area contributed by atoms with Crippen molar-refractivity contribution in [2.75, 3.05) is 24.5 Å². The largest absolute Gasteiger partial charge is 0.339 e. The summed E-state index contributed by atoms with van der Waals surface area (Å²) in [5, 5.41) is 0.540. The van der Waals surface area contributed by atoms with Gasteiger partial charge >= 0.3 is 0 Å². The maximum atomic E-state index is 14.3. The number of carbonyl (C=O) groups excluding carboxylic acids is 3. The molecule has 29 heavy (non-hydrogen) atoms. The number of hydrogen-bond acceptors (Lipinski definition) is 3. The summed E-state index contributed by atoms with van der Waals surface area (Å²) in [7, 11) is 0. The molecule has 0 aliphatic carbocycles. The average molecular weight is 420 g/mol. The topological polar surface area (TPSA) is 60.9 Å².